The molecule has 8 nitrogen and oxygen atoms in total. The highest BCUT2D eigenvalue weighted by Gasteiger charge is 2.18. The second-order valence-corrected chi connectivity index (χ2v) is 5.12. The number of nitrogens with one attached hydrogen (secondary N) is 1. The van der Waals surface area contributed by atoms with Gasteiger partial charge in [-0.2, -0.15) is 0 Å². The van der Waals surface area contributed by atoms with E-state index in [-0.39, 0.29) is 29.2 Å². The smallest absolute Gasteiger partial charge is 0.335 e. The zero-order valence-electron chi connectivity index (χ0n) is 13.1. The third kappa shape index (κ3) is 4.47. The number of hydrogen-bond acceptors (Lipinski definition) is 6. The molecule has 25 heavy (non-hydrogen) atoms. The lowest BCUT2D eigenvalue weighted by Gasteiger charge is -2.11. The van der Waals surface area contributed by atoms with E-state index in [1.54, 1.807) is 0 Å². The maximum Gasteiger partial charge on any atom is 0.335 e. The lowest BCUT2D eigenvalue weighted by molar-refractivity contribution is -0.132. The highest BCUT2D eigenvalue weighted by molar-refractivity contribution is 5.98. The Bertz CT molecular complexity index is 828. The molecule has 0 aliphatic heterocycles. The predicted molar refractivity (Wildman–Crippen MR) is 85.7 cm³/mol. The lowest BCUT2D eigenvalue weighted by atomic mass is 10.1. The van der Waals surface area contributed by atoms with Crippen molar-refractivity contribution in [1.82, 2.24) is 5.32 Å². The summed E-state index contributed by atoms with van der Waals surface area (Å²) < 4.78 is 4.73. The zero-order chi connectivity index (χ0) is 18.6. The molecule has 0 unspecified atom stereocenters. The van der Waals surface area contributed by atoms with Crippen LogP contribution in [0.25, 0.3) is 0 Å². The van der Waals surface area contributed by atoms with Crippen molar-refractivity contribution in [2.45, 2.75) is 13.5 Å². The minimum atomic E-state index is -1.06. The molecule has 4 N–H and O–H groups in total. The number of rotatable bonds is 5. The number of carbonyl (C=O) groups is 3. The van der Waals surface area contributed by atoms with Crippen molar-refractivity contribution in [3.05, 3.63) is 53.1 Å². The van der Waals surface area contributed by atoms with E-state index in [4.69, 9.17) is 9.84 Å². The van der Waals surface area contributed by atoms with E-state index < -0.39 is 23.6 Å². The number of phenolic OH excluding ortho intramolecular Hbond substituents is 2. The Labute approximate surface area is 142 Å². The molecule has 0 atom stereocenters. The van der Waals surface area contributed by atoms with Crippen LogP contribution in [0.2, 0.25) is 0 Å². The number of esters is 1. The summed E-state index contributed by atoms with van der Waals surface area (Å²) >= 11 is 0. The van der Waals surface area contributed by atoms with Crippen LogP contribution in [-0.4, -0.2) is 33.2 Å². The summed E-state index contributed by atoms with van der Waals surface area (Å²) in [6.45, 7) is 1.18. The number of hydrogen-bond donors (Lipinski definition) is 4. The van der Waals surface area contributed by atoms with Gasteiger partial charge in [0.1, 0.15) is 5.75 Å². The van der Waals surface area contributed by atoms with Gasteiger partial charge in [-0.05, 0) is 23.8 Å². The molecule has 0 heterocycles. The van der Waals surface area contributed by atoms with Gasteiger partial charge in [-0.15, -0.1) is 0 Å². The van der Waals surface area contributed by atoms with Crippen LogP contribution in [0.5, 0.6) is 17.2 Å². The number of carboxylic acids is 1. The van der Waals surface area contributed by atoms with Crippen molar-refractivity contribution in [1.29, 1.82) is 0 Å². The molecule has 1 amide bonds. The molecule has 2 aromatic carbocycles. The average Bonchev–Trinajstić information content (AvgIpc) is 2.55. The van der Waals surface area contributed by atoms with Crippen molar-refractivity contribution in [2.24, 2.45) is 0 Å². The topological polar surface area (TPSA) is 133 Å². The average molecular weight is 345 g/mol. The predicted octanol–water partition coefficient (Wildman–Crippen LogP) is 1.65. The van der Waals surface area contributed by atoms with E-state index in [0.29, 0.717) is 5.56 Å². The van der Waals surface area contributed by atoms with E-state index in [9.17, 15) is 24.6 Å². The van der Waals surface area contributed by atoms with E-state index >= 15 is 0 Å². The van der Waals surface area contributed by atoms with Crippen LogP contribution in [0, 0.1) is 0 Å². The van der Waals surface area contributed by atoms with Crippen molar-refractivity contribution in [3.8, 4) is 17.2 Å². The van der Waals surface area contributed by atoms with Crippen molar-refractivity contribution in [3.63, 3.8) is 0 Å². The molecule has 0 saturated carbocycles. The fourth-order valence-corrected chi connectivity index (χ4v) is 2.04. The van der Waals surface area contributed by atoms with Gasteiger partial charge in [0.15, 0.2) is 11.5 Å². The summed E-state index contributed by atoms with van der Waals surface area (Å²) in [4.78, 5) is 34.0. The Balaban J connectivity index is 2.14. The van der Waals surface area contributed by atoms with Crippen LogP contribution in [0.1, 0.15) is 33.2 Å². The van der Waals surface area contributed by atoms with Crippen LogP contribution in [0.3, 0.4) is 0 Å². The number of benzene rings is 2. The normalized spacial score (nSPS) is 10.1. The van der Waals surface area contributed by atoms with Gasteiger partial charge in [-0.3, -0.25) is 9.59 Å². The van der Waals surface area contributed by atoms with Gasteiger partial charge >= 0.3 is 11.9 Å². The van der Waals surface area contributed by atoms with Crippen LogP contribution >= 0.6 is 0 Å². The Morgan fingerprint density at radius 2 is 1.72 bits per heavy atom. The molecule has 0 bridgehead atoms. The first-order valence-corrected chi connectivity index (χ1v) is 7.12. The minimum absolute atomic E-state index is 0.0662. The number of aromatic hydroxyl groups is 2. The highest BCUT2D eigenvalue weighted by atomic mass is 16.5. The Morgan fingerprint density at radius 1 is 1.08 bits per heavy atom. The number of aromatic carboxylic acids is 1. The summed E-state index contributed by atoms with van der Waals surface area (Å²) in [5.41, 5.74) is 0.489. The first-order valence-electron chi connectivity index (χ1n) is 7.12. The molecule has 0 saturated heterocycles. The van der Waals surface area contributed by atoms with E-state index in [1.807, 2.05) is 0 Å². The molecular weight excluding hydrogens is 330 g/mol. The van der Waals surface area contributed by atoms with Crippen molar-refractivity contribution >= 4 is 17.8 Å². The SMILES string of the molecule is CC(=O)Oc1cc(O)cc(C(=O)NCc2ccc(C(=O)O)cc2)c1O. The van der Waals surface area contributed by atoms with Gasteiger partial charge in [0, 0.05) is 19.5 Å². The molecule has 0 aliphatic rings. The zero-order valence-corrected chi connectivity index (χ0v) is 13.1. The van der Waals surface area contributed by atoms with Crippen LogP contribution in [-0.2, 0) is 11.3 Å². The Morgan fingerprint density at radius 3 is 2.28 bits per heavy atom. The number of ether oxygens (including phenoxy) is 1. The second-order valence-electron chi connectivity index (χ2n) is 5.12. The largest absolute Gasteiger partial charge is 0.508 e. The summed E-state index contributed by atoms with van der Waals surface area (Å²) in [7, 11) is 0. The number of phenols is 2. The van der Waals surface area contributed by atoms with Gasteiger partial charge in [0.2, 0.25) is 0 Å². The molecular formula is C17H15NO7. The minimum Gasteiger partial charge on any atom is -0.508 e. The molecule has 130 valence electrons. The molecule has 2 aromatic rings. The maximum atomic E-state index is 12.2. The quantitative estimate of drug-likeness (QED) is 0.368. The highest BCUT2D eigenvalue weighted by Crippen LogP contribution is 2.34. The van der Waals surface area contributed by atoms with Gasteiger partial charge in [0.25, 0.3) is 5.91 Å². The summed E-state index contributed by atoms with van der Waals surface area (Å²) in [6, 6.07) is 7.92. The number of amides is 1. The second kappa shape index (κ2) is 7.35. The Kier molecular flexibility index (Phi) is 5.23. The van der Waals surface area contributed by atoms with Crippen molar-refractivity contribution in [2.75, 3.05) is 0 Å². The van der Waals surface area contributed by atoms with Gasteiger partial charge < -0.3 is 25.4 Å². The molecule has 0 aliphatic carbocycles. The number of carboxylic acid groups (broad SMARTS) is 1. The standard InChI is InChI=1S/C17H15NO7/c1-9(19)25-14-7-12(20)6-13(15(14)21)16(22)18-8-10-2-4-11(5-3-10)17(23)24/h2-7,20-21H,8H2,1H3,(H,18,22)(H,23,24). The molecule has 0 radical (unpaired) electrons. The van der Waals surface area contributed by atoms with Gasteiger partial charge in [0.05, 0.1) is 11.1 Å². The van der Waals surface area contributed by atoms with Crippen LogP contribution in [0.15, 0.2) is 36.4 Å². The first-order chi connectivity index (χ1) is 11.8. The fraction of sp³-hybridized carbons (Fsp3) is 0.118. The van der Waals surface area contributed by atoms with Crippen LogP contribution < -0.4 is 10.1 Å². The van der Waals surface area contributed by atoms with E-state index in [0.717, 1.165) is 19.1 Å². The van der Waals surface area contributed by atoms with Gasteiger partial charge in [-0.25, -0.2) is 4.79 Å². The fourth-order valence-electron chi connectivity index (χ4n) is 2.04. The van der Waals surface area contributed by atoms with Crippen LogP contribution in [0.4, 0.5) is 0 Å². The molecule has 0 fully saturated rings. The molecule has 8 heteroatoms. The number of carbonyl (C=O) groups excluding carboxylic acids is 2. The maximum absolute atomic E-state index is 12.2. The third-order valence-electron chi connectivity index (χ3n) is 3.21. The summed E-state index contributed by atoms with van der Waals surface area (Å²) in [5.74, 6) is -3.74. The summed E-state index contributed by atoms with van der Waals surface area (Å²) in [5, 5.41) is 31.0. The van der Waals surface area contributed by atoms with E-state index in [2.05, 4.69) is 5.32 Å². The van der Waals surface area contributed by atoms with Gasteiger partial charge in [-0.1, -0.05) is 12.1 Å². The molecule has 0 spiro atoms. The summed E-state index contributed by atoms with van der Waals surface area (Å²) in [6.07, 6.45) is 0. The molecule has 0 aromatic heterocycles. The Hall–Kier alpha value is -3.55. The third-order valence-corrected chi connectivity index (χ3v) is 3.21. The van der Waals surface area contributed by atoms with E-state index in [1.165, 1.54) is 24.3 Å². The molecule has 2 rings (SSSR count). The lowest BCUT2D eigenvalue weighted by Crippen LogP contribution is -2.23. The first kappa shape index (κ1) is 17.8. The monoisotopic (exact) mass is 345 g/mol. The van der Waals surface area contributed by atoms with Crippen molar-refractivity contribution < 1.29 is 34.4 Å².